The molecular formula is C28H25Cl2F4N3O4. The van der Waals surface area contributed by atoms with Gasteiger partial charge in [-0.15, -0.1) is 25.6 Å². The number of pyridine rings is 1. The van der Waals surface area contributed by atoms with Crippen molar-refractivity contribution in [3.8, 4) is 5.75 Å². The van der Waals surface area contributed by atoms with Crippen LogP contribution < -0.4 is 10.1 Å². The molecule has 1 saturated heterocycles. The Kier molecular flexibility index (Phi) is 9.43. The topological polar surface area (TPSA) is 74.1 Å². The molecule has 1 aliphatic heterocycles. The van der Waals surface area contributed by atoms with Gasteiger partial charge in [0.2, 0.25) is 0 Å². The van der Waals surface area contributed by atoms with Crippen molar-refractivity contribution in [1.82, 2.24) is 14.7 Å². The van der Waals surface area contributed by atoms with Crippen molar-refractivity contribution in [1.29, 1.82) is 0 Å². The maximum Gasteiger partial charge on any atom is 0.573 e. The zero-order chi connectivity index (χ0) is 28.4. The summed E-state index contributed by atoms with van der Waals surface area (Å²) >= 11 is 6.10. The molecule has 3 heterocycles. The molecule has 5 rings (SSSR count). The number of imidazole rings is 1. The second kappa shape index (κ2) is 12.6. The third-order valence-corrected chi connectivity index (χ3v) is 6.68. The fourth-order valence-electron chi connectivity index (χ4n) is 4.52. The number of hydrogen-bond donors (Lipinski definition) is 1. The molecule has 0 bridgehead atoms. The van der Waals surface area contributed by atoms with Gasteiger partial charge in [-0.3, -0.25) is 9.20 Å². The summed E-state index contributed by atoms with van der Waals surface area (Å²) < 4.78 is 69.3. The number of halogens is 6. The molecule has 4 aromatic rings. The number of nitrogens with one attached hydrogen (secondary N) is 1. The first kappa shape index (κ1) is 30.6. The van der Waals surface area contributed by atoms with Crippen LogP contribution in [0.1, 0.15) is 52.0 Å². The fraction of sp³-hybridized carbons (Fsp3) is 0.286. The zero-order valence-corrected chi connectivity index (χ0v) is 23.2. The Hall–Kier alpha value is -3.38. The van der Waals surface area contributed by atoms with Crippen molar-refractivity contribution in [2.24, 2.45) is 0 Å². The third kappa shape index (κ3) is 7.10. The van der Waals surface area contributed by atoms with Gasteiger partial charge in [0, 0.05) is 18.3 Å². The molecule has 2 atom stereocenters. The largest absolute Gasteiger partial charge is 0.573 e. The van der Waals surface area contributed by atoms with E-state index in [1.54, 1.807) is 34.9 Å². The van der Waals surface area contributed by atoms with E-state index in [0.29, 0.717) is 45.2 Å². The smallest absolute Gasteiger partial charge is 0.406 e. The van der Waals surface area contributed by atoms with Gasteiger partial charge in [-0.05, 0) is 47.9 Å². The molecule has 7 nitrogen and oxygen atoms in total. The van der Waals surface area contributed by atoms with Crippen LogP contribution in [0.5, 0.6) is 5.75 Å². The van der Waals surface area contributed by atoms with Crippen LogP contribution in [-0.4, -0.2) is 34.9 Å². The zero-order valence-electron chi connectivity index (χ0n) is 21.6. The van der Waals surface area contributed by atoms with E-state index >= 15 is 4.39 Å². The number of alkyl halides is 3. The summed E-state index contributed by atoms with van der Waals surface area (Å²) in [7, 11) is 0. The monoisotopic (exact) mass is 613 g/mol. The number of aromatic nitrogens is 2. The van der Waals surface area contributed by atoms with Gasteiger partial charge >= 0.3 is 6.36 Å². The lowest BCUT2D eigenvalue weighted by atomic mass is 10.0. The molecule has 13 heteroatoms. The molecular weight excluding hydrogens is 589 g/mol. The molecule has 0 saturated carbocycles. The quantitative estimate of drug-likeness (QED) is 0.233. The highest BCUT2D eigenvalue weighted by Crippen LogP contribution is 2.32. The van der Waals surface area contributed by atoms with Crippen LogP contribution in [0.3, 0.4) is 0 Å². The summed E-state index contributed by atoms with van der Waals surface area (Å²) in [6.07, 6.45) is -3.78. The van der Waals surface area contributed by atoms with E-state index in [1.807, 2.05) is 6.92 Å². The molecule has 1 fully saturated rings. The van der Waals surface area contributed by atoms with Crippen LogP contribution in [0, 0.1) is 5.82 Å². The van der Waals surface area contributed by atoms with Gasteiger partial charge in [-0.25, -0.2) is 9.37 Å². The minimum Gasteiger partial charge on any atom is -0.406 e. The van der Waals surface area contributed by atoms with Crippen molar-refractivity contribution in [3.63, 3.8) is 0 Å². The van der Waals surface area contributed by atoms with Crippen molar-refractivity contribution in [2.75, 3.05) is 13.2 Å². The van der Waals surface area contributed by atoms with Crippen LogP contribution in [0.2, 0.25) is 5.02 Å². The van der Waals surface area contributed by atoms with Gasteiger partial charge in [-0.1, -0.05) is 42.8 Å². The van der Waals surface area contributed by atoms with Gasteiger partial charge in [0.15, 0.2) is 0 Å². The van der Waals surface area contributed by atoms with Crippen molar-refractivity contribution >= 4 is 35.6 Å². The van der Waals surface area contributed by atoms with Gasteiger partial charge in [0.05, 0.1) is 23.9 Å². The molecule has 1 aliphatic rings. The number of amides is 1. The molecule has 1 amide bonds. The van der Waals surface area contributed by atoms with E-state index in [-0.39, 0.29) is 43.8 Å². The Morgan fingerprint density at radius 1 is 1.10 bits per heavy atom. The lowest BCUT2D eigenvalue weighted by molar-refractivity contribution is -0.274. The van der Waals surface area contributed by atoms with Crippen LogP contribution >= 0.6 is 24.0 Å². The average Bonchev–Trinajstić information content (AvgIpc) is 3.29. The summed E-state index contributed by atoms with van der Waals surface area (Å²) in [5, 5.41) is 3.28. The van der Waals surface area contributed by atoms with Gasteiger partial charge in [0.1, 0.15) is 35.1 Å². The molecule has 0 unspecified atom stereocenters. The lowest BCUT2D eigenvalue weighted by Crippen LogP contribution is -2.27. The Labute approximate surface area is 243 Å². The first-order chi connectivity index (χ1) is 19.1. The van der Waals surface area contributed by atoms with Gasteiger partial charge < -0.3 is 19.5 Å². The van der Waals surface area contributed by atoms with E-state index in [1.165, 1.54) is 30.3 Å². The predicted octanol–water partition coefficient (Wildman–Crippen LogP) is 6.77. The molecule has 1 N–H and O–H groups in total. The summed E-state index contributed by atoms with van der Waals surface area (Å²) in [6.45, 7) is 2.13. The van der Waals surface area contributed by atoms with Crippen molar-refractivity contribution in [2.45, 2.75) is 38.5 Å². The second-order valence-corrected chi connectivity index (χ2v) is 9.57. The summed E-state index contributed by atoms with van der Waals surface area (Å²) in [6, 6.07) is 13.4. The Morgan fingerprint density at radius 2 is 1.80 bits per heavy atom. The van der Waals surface area contributed by atoms with E-state index in [2.05, 4.69) is 15.0 Å². The van der Waals surface area contributed by atoms with Crippen LogP contribution in [0.4, 0.5) is 17.6 Å². The average molecular weight is 614 g/mol. The molecule has 0 spiro atoms. The van der Waals surface area contributed by atoms with E-state index in [4.69, 9.17) is 21.1 Å². The van der Waals surface area contributed by atoms with Crippen LogP contribution in [-0.2, 0) is 22.4 Å². The number of ether oxygens (including phenoxy) is 3. The predicted molar refractivity (Wildman–Crippen MR) is 145 cm³/mol. The number of aryl methyl sites for hydroxylation is 1. The first-order valence-electron chi connectivity index (χ1n) is 12.4. The summed E-state index contributed by atoms with van der Waals surface area (Å²) in [5.74, 6) is -1.20. The molecule has 0 aliphatic carbocycles. The number of benzene rings is 2. The highest BCUT2D eigenvalue weighted by atomic mass is 35.5. The van der Waals surface area contributed by atoms with E-state index in [0.717, 1.165) is 0 Å². The van der Waals surface area contributed by atoms with Crippen molar-refractivity contribution in [3.05, 3.63) is 99.7 Å². The number of carbonyl (C=O) groups excluding carboxylic acids is 1. The van der Waals surface area contributed by atoms with Gasteiger partial charge in [0.25, 0.3) is 5.91 Å². The normalized spacial score (nSPS) is 17.2. The molecule has 2 aromatic carbocycles. The van der Waals surface area contributed by atoms with E-state index < -0.39 is 24.4 Å². The highest BCUT2D eigenvalue weighted by molar-refractivity contribution is 6.30. The second-order valence-electron chi connectivity index (χ2n) is 9.14. The summed E-state index contributed by atoms with van der Waals surface area (Å²) in [4.78, 5) is 17.5. The highest BCUT2D eigenvalue weighted by Gasteiger charge is 2.31. The maximum atomic E-state index is 15.0. The molecule has 0 radical (unpaired) electrons. The third-order valence-electron chi connectivity index (χ3n) is 6.45. The number of rotatable bonds is 7. The Morgan fingerprint density at radius 3 is 2.44 bits per heavy atom. The minimum atomic E-state index is -4.77. The van der Waals surface area contributed by atoms with Gasteiger partial charge in [-0.2, -0.15) is 0 Å². The van der Waals surface area contributed by atoms with Crippen molar-refractivity contribution < 1.29 is 36.6 Å². The SMILES string of the molecule is CCc1nc2ccc(Cl)cn2c1C(=O)NCc1ccc([C@@H]2CO[C@@H](c3ccc(OC(F)(F)F)cc3)CO2)c(F)c1.Cl. The minimum absolute atomic E-state index is 0. The number of carbonyl (C=O) groups is 1. The lowest BCUT2D eigenvalue weighted by Gasteiger charge is -2.30. The number of fused-ring (bicyclic) bond motifs is 1. The summed E-state index contributed by atoms with van der Waals surface area (Å²) in [5.41, 5.74) is 3.06. The van der Waals surface area contributed by atoms with E-state index in [9.17, 15) is 18.0 Å². The first-order valence-corrected chi connectivity index (χ1v) is 12.8. The standard InChI is InChI=1S/C28H24ClF4N3O4.ClH/c1-2-22-26(36-13-18(29)6-10-25(36)35-22)27(37)34-12-16-3-9-20(21(30)11-16)24-15-38-23(14-39-24)17-4-7-19(8-5-17)40-28(31,32)33;/h3-11,13,23-24H,2,12,14-15H2,1H3,(H,34,37);1H/t23-,24+;/m1./s1. The number of nitrogens with zero attached hydrogens (tertiary/aromatic N) is 2. The number of hydrogen-bond acceptors (Lipinski definition) is 5. The van der Waals surface area contributed by atoms with Crippen LogP contribution in [0.25, 0.3) is 5.65 Å². The Balaban J connectivity index is 0.00000387. The van der Waals surface area contributed by atoms with Crippen LogP contribution in [0.15, 0.2) is 60.8 Å². The molecule has 2 aromatic heterocycles. The molecule has 41 heavy (non-hydrogen) atoms. The maximum absolute atomic E-state index is 15.0. The fourth-order valence-corrected chi connectivity index (χ4v) is 4.68. The molecule has 218 valence electrons. The Bertz CT molecular complexity index is 1520.